The van der Waals surface area contributed by atoms with Gasteiger partial charge in [-0.1, -0.05) is 0 Å². The van der Waals surface area contributed by atoms with Gasteiger partial charge in [-0.15, -0.1) is 0 Å². The van der Waals surface area contributed by atoms with Crippen LogP contribution in [0.25, 0.3) is 0 Å². The SMILES string of the molecule is CCN(CCC(=O)O)C(=O)c1cc2c(cc1F)NC(=O)CC2. The molecule has 2 amide bonds. The summed E-state index contributed by atoms with van der Waals surface area (Å²) >= 11 is 0. The lowest BCUT2D eigenvalue weighted by atomic mass is 9.99. The monoisotopic (exact) mass is 308 g/mol. The van der Waals surface area contributed by atoms with Crippen LogP contribution < -0.4 is 5.32 Å². The standard InChI is InChI=1S/C15H17FN2O4/c1-2-18(6-5-14(20)21)15(22)10-7-9-3-4-13(19)17-12(9)8-11(10)16/h7-8H,2-6H2,1H3,(H,17,19)(H,20,21). The second-order valence-electron chi connectivity index (χ2n) is 5.07. The van der Waals surface area contributed by atoms with Crippen molar-refractivity contribution in [2.75, 3.05) is 18.4 Å². The summed E-state index contributed by atoms with van der Waals surface area (Å²) in [4.78, 5) is 35.6. The molecule has 6 nitrogen and oxygen atoms in total. The van der Waals surface area contributed by atoms with Gasteiger partial charge in [-0.05, 0) is 31.0 Å². The fraction of sp³-hybridized carbons (Fsp3) is 0.400. The number of benzene rings is 1. The van der Waals surface area contributed by atoms with Crippen molar-refractivity contribution in [3.63, 3.8) is 0 Å². The molecule has 0 aromatic heterocycles. The molecule has 7 heteroatoms. The van der Waals surface area contributed by atoms with Gasteiger partial charge in [0.2, 0.25) is 5.91 Å². The molecule has 0 unspecified atom stereocenters. The van der Waals surface area contributed by atoms with Crippen molar-refractivity contribution >= 4 is 23.5 Å². The second-order valence-corrected chi connectivity index (χ2v) is 5.07. The van der Waals surface area contributed by atoms with Crippen LogP contribution in [0.4, 0.5) is 10.1 Å². The number of carboxylic acid groups (broad SMARTS) is 1. The Morgan fingerprint density at radius 2 is 2.09 bits per heavy atom. The summed E-state index contributed by atoms with van der Waals surface area (Å²) in [5.74, 6) is -2.46. The third-order valence-corrected chi connectivity index (χ3v) is 3.58. The number of fused-ring (bicyclic) bond motifs is 1. The minimum Gasteiger partial charge on any atom is -0.481 e. The molecular formula is C15H17FN2O4. The van der Waals surface area contributed by atoms with Crippen LogP contribution in [0.5, 0.6) is 0 Å². The lowest BCUT2D eigenvalue weighted by molar-refractivity contribution is -0.137. The Morgan fingerprint density at radius 1 is 1.36 bits per heavy atom. The molecule has 1 aromatic rings. The Bertz CT molecular complexity index is 630. The molecule has 1 heterocycles. The van der Waals surface area contributed by atoms with Gasteiger partial charge in [0.15, 0.2) is 0 Å². The van der Waals surface area contributed by atoms with E-state index in [2.05, 4.69) is 5.32 Å². The van der Waals surface area contributed by atoms with Crippen LogP contribution in [0.2, 0.25) is 0 Å². The van der Waals surface area contributed by atoms with Gasteiger partial charge in [-0.2, -0.15) is 0 Å². The predicted octanol–water partition coefficient (Wildman–Crippen LogP) is 1.65. The van der Waals surface area contributed by atoms with Crippen molar-refractivity contribution in [1.82, 2.24) is 4.90 Å². The summed E-state index contributed by atoms with van der Waals surface area (Å²) in [7, 11) is 0. The number of carbonyl (C=O) groups excluding carboxylic acids is 2. The molecule has 1 aliphatic heterocycles. The molecular weight excluding hydrogens is 291 g/mol. The van der Waals surface area contributed by atoms with Gasteiger partial charge in [0.25, 0.3) is 5.91 Å². The van der Waals surface area contributed by atoms with Crippen molar-refractivity contribution in [3.05, 3.63) is 29.1 Å². The quantitative estimate of drug-likeness (QED) is 0.866. The maximum Gasteiger partial charge on any atom is 0.305 e. The van der Waals surface area contributed by atoms with Crippen LogP contribution >= 0.6 is 0 Å². The van der Waals surface area contributed by atoms with Crippen LogP contribution in [0, 0.1) is 5.82 Å². The van der Waals surface area contributed by atoms with Gasteiger partial charge < -0.3 is 15.3 Å². The normalized spacial score (nSPS) is 13.3. The van der Waals surface area contributed by atoms with Crippen LogP contribution in [0.15, 0.2) is 12.1 Å². The lowest BCUT2D eigenvalue weighted by Crippen LogP contribution is -2.33. The van der Waals surface area contributed by atoms with Crippen molar-refractivity contribution < 1.29 is 23.9 Å². The number of hydrogen-bond acceptors (Lipinski definition) is 3. The van der Waals surface area contributed by atoms with Gasteiger partial charge in [-0.25, -0.2) is 4.39 Å². The number of amides is 2. The molecule has 0 radical (unpaired) electrons. The second kappa shape index (κ2) is 6.55. The maximum absolute atomic E-state index is 14.1. The Balaban J connectivity index is 2.25. The van der Waals surface area contributed by atoms with E-state index in [1.54, 1.807) is 6.92 Å². The van der Waals surface area contributed by atoms with E-state index in [4.69, 9.17) is 5.11 Å². The Labute approximate surface area is 126 Å². The number of halogens is 1. The molecule has 22 heavy (non-hydrogen) atoms. The third kappa shape index (κ3) is 3.41. The molecule has 2 rings (SSSR count). The van der Waals surface area contributed by atoms with Gasteiger partial charge in [0.1, 0.15) is 5.82 Å². The largest absolute Gasteiger partial charge is 0.481 e. The zero-order valence-electron chi connectivity index (χ0n) is 12.2. The molecule has 0 fully saturated rings. The average Bonchev–Trinajstić information content (AvgIpc) is 2.46. The molecule has 0 saturated carbocycles. The highest BCUT2D eigenvalue weighted by Crippen LogP contribution is 2.26. The first kappa shape index (κ1) is 15.9. The van der Waals surface area contributed by atoms with Crippen molar-refractivity contribution in [2.45, 2.75) is 26.2 Å². The summed E-state index contributed by atoms with van der Waals surface area (Å²) in [6, 6.07) is 2.58. The summed E-state index contributed by atoms with van der Waals surface area (Å²) in [5, 5.41) is 11.3. The van der Waals surface area contributed by atoms with Gasteiger partial charge in [-0.3, -0.25) is 14.4 Å². The number of anilines is 1. The van der Waals surface area contributed by atoms with E-state index in [1.165, 1.54) is 11.0 Å². The number of nitrogens with zero attached hydrogens (tertiary/aromatic N) is 1. The molecule has 0 saturated heterocycles. The maximum atomic E-state index is 14.1. The Kier molecular flexibility index (Phi) is 4.75. The Hall–Kier alpha value is -2.44. The first-order chi connectivity index (χ1) is 10.4. The minimum absolute atomic E-state index is 0.0257. The number of aliphatic carboxylic acids is 1. The van der Waals surface area contributed by atoms with Gasteiger partial charge >= 0.3 is 5.97 Å². The zero-order chi connectivity index (χ0) is 16.3. The molecule has 118 valence electrons. The average molecular weight is 308 g/mol. The van der Waals surface area contributed by atoms with Crippen LogP contribution in [0.3, 0.4) is 0 Å². The summed E-state index contributed by atoms with van der Waals surface area (Å²) < 4.78 is 14.1. The fourth-order valence-corrected chi connectivity index (χ4v) is 2.37. The number of carboxylic acids is 1. The molecule has 0 aliphatic carbocycles. The van der Waals surface area contributed by atoms with Crippen molar-refractivity contribution in [1.29, 1.82) is 0 Å². The zero-order valence-corrected chi connectivity index (χ0v) is 12.2. The summed E-state index contributed by atoms with van der Waals surface area (Å²) in [6.45, 7) is 2.02. The third-order valence-electron chi connectivity index (χ3n) is 3.58. The molecule has 2 N–H and O–H groups in total. The first-order valence-corrected chi connectivity index (χ1v) is 7.05. The predicted molar refractivity (Wildman–Crippen MR) is 77.2 cm³/mol. The van der Waals surface area contributed by atoms with Gasteiger partial charge in [0, 0.05) is 25.2 Å². The molecule has 0 spiro atoms. The van der Waals surface area contributed by atoms with Crippen LogP contribution in [-0.4, -0.2) is 40.9 Å². The lowest BCUT2D eigenvalue weighted by Gasteiger charge is -2.22. The molecule has 1 aromatic carbocycles. The minimum atomic E-state index is -1.01. The van der Waals surface area contributed by atoms with E-state index in [-0.39, 0.29) is 24.4 Å². The Morgan fingerprint density at radius 3 is 2.73 bits per heavy atom. The smallest absolute Gasteiger partial charge is 0.305 e. The highest BCUT2D eigenvalue weighted by atomic mass is 19.1. The van der Waals surface area contributed by atoms with E-state index < -0.39 is 17.7 Å². The number of nitrogens with one attached hydrogen (secondary N) is 1. The van der Waals surface area contributed by atoms with E-state index in [1.807, 2.05) is 0 Å². The molecule has 0 atom stereocenters. The van der Waals surface area contributed by atoms with E-state index >= 15 is 0 Å². The number of aryl methyl sites for hydroxylation is 1. The van der Waals surface area contributed by atoms with E-state index in [0.29, 0.717) is 30.6 Å². The fourth-order valence-electron chi connectivity index (χ4n) is 2.37. The van der Waals surface area contributed by atoms with E-state index in [0.717, 1.165) is 6.07 Å². The van der Waals surface area contributed by atoms with Crippen molar-refractivity contribution in [2.24, 2.45) is 0 Å². The van der Waals surface area contributed by atoms with Crippen LogP contribution in [-0.2, 0) is 16.0 Å². The topological polar surface area (TPSA) is 86.7 Å². The highest BCUT2D eigenvalue weighted by Gasteiger charge is 2.23. The first-order valence-electron chi connectivity index (χ1n) is 7.05. The van der Waals surface area contributed by atoms with Crippen LogP contribution in [0.1, 0.15) is 35.7 Å². The highest BCUT2D eigenvalue weighted by molar-refractivity contribution is 5.98. The van der Waals surface area contributed by atoms with E-state index in [9.17, 15) is 18.8 Å². The number of rotatable bonds is 5. The molecule has 0 bridgehead atoms. The number of hydrogen-bond donors (Lipinski definition) is 2. The summed E-state index contributed by atoms with van der Waals surface area (Å²) in [5.41, 5.74) is 1.000. The van der Waals surface area contributed by atoms with Gasteiger partial charge in [0.05, 0.1) is 12.0 Å². The number of carbonyl (C=O) groups is 3. The van der Waals surface area contributed by atoms with Crippen molar-refractivity contribution in [3.8, 4) is 0 Å². The molecule has 1 aliphatic rings. The summed E-state index contributed by atoms with van der Waals surface area (Å²) in [6.07, 6.45) is 0.550.